The molecule has 2 nitrogen and oxygen atoms in total. The number of aromatic nitrogens is 1. The summed E-state index contributed by atoms with van der Waals surface area (Å²) >= 11 is 0. The second-order valence-electron chi connectivity index (χ2n) is 16.1. The van der Waals surface area contributed by atoms with Crippen LogP contribution in [-0.4, -0.2) is 4.57 Å². The molecule has 0 saturated carbocycles. The van der Waals surface area contributed by atoms with Crippen molar-refractivity contribution in [2.75, 3.05) is 4.90 Å². The molecule has 10 aromatic rings. The van der Waals surface area contributed by atoms with E-state index in [0.29, 0.717) is 0 Å². The summed E-state index contributed by atoms with van der Waals surface area (Å²) in [7, 11) is 0. The van der Waals surface area contributed by atoms with E-state index in [4.69, 9.17) is 0 Å². The van der Waals surface area contributed by atoms with Crippen LogP contribution in [0.15, 0.2) is 194 Å². The molecule has 0 unspecified atom stereocenters. The highest BCUT2D eigenvalue weighted by molar-refractivity contribution is 6.27. The lowest BCUT2D eigenvalue weighted by Gasteiger charge is -2.28. The number of anilines is 3. The first-order valence-corrected chi connectivity index (χ1v) is 19.9. The zero-order valence-corrected chi connectivity index (χ0v) is 31.9. The fourth-order valence-corrected chi connectivity index (χ4v) is 10.1. The fraction of sp³-hybridized carbons (Fsp3) is 0.0545. The van der Waals surface area contributed by atoms with Crippen LogP contribution >= 0.6 is 0 Å². The van der Waals surface area contributed by atoms with Gasteiger partial charge in [0, 0.05) is 38.9 Å². The van der Waals surface area contributed by atoms with Crippen LogP contribution in [0.2, 0.25) is 0 Å². The number of nitrogens with zero attached hydrogens (tertiary/aromatic N) is 2. The summed E-state index contributed by atoms with van der Waals surface area (Å²) in [6.45, 7) is 4.71. The van der Waals surface area contributed by atoms with Gasteiger partial charge in [-0.3, -0.25) is 0 Å². The van der Waals surface area contributed by atoms with Gasteiger partial charge in [-0.05, 0) is 127 Å². The first-order valence-electron chi connectivity index (χ1n) is 19.9. The maximum atomic E-state index is 2.46. The molecule has 2 heteroatoms. The van der Waals surface area contributed by atoms with Crippen LogP contribution in [-0.2, 0) is 5.41 Å². The third-order valence-electron chi connectivity index (χ3n) is 12.7. The Balaban J connectivity index is 1.02. The van der Waals surface area contributed by atoms with Gasteiger partial charge in [0.25, 0.3) is 0 Å². The van der Waals surface area contributed by atoms with Crippen molar-refractivity contribution < 1.29 is 0 Å². The summed E-state index contributed by atoms with van der Waals surface area (Å²) in [5, 5.41) is 5.25. The molecule has 2 aliphatic rings. The lowest BCUT2D eigenvalue weighted by molar-refractivity contribution is 0.660. The third-order valence-corrected chi connectivity index (χ3v) is 12.7. The van der Waals surface area contributed by atoms with E-state index in [0.717, 1.165) is 22.7 Å². The number of hydrogen-bond donors (Lipinski definition) is 0. The van der Waals surface area contributed by atoms with Crippen LogP contribution in [0.3, 0.4) is 0 Å². The number of hydrogen-bond acceptors (Lipinski definition) is 1. The van der Waals surface area contributed by atoms with Gasteiger partial charge in [-0.25, -0.2) is 0 Å². The average molecular weight is 727 g/mol. The Morgan fingerprint density at radius 2 is 0.860 bits per heavy atom. The minimum Gasteiger partial charge on any atom is -0.310 e. The molecule has 268 valence electrons. The molecule has 0 fully saturated rings. The maximum absolute atomic E-state index is 2.46. The summed E-state index contributed by atoms with van der Waals surface area (Å²) in [5.74, 6) is 0. The first-order chi connectivity index (χ1) is 28.0. The van der Waals surface area contributed by atoms with Crippen LogP contribution in [0.4, 0.5) is 17.1 Å². The standard InChI is InChI=1S/C55H38N2/c1-55(2)48-21-7-6-16-42(48)43-33-32-41(34-49(43)55)56(38-26-24-36(25-27-38)35-12-4-3-5-13-35)39-28-30-40(31-29-39)57-50-22-10-19-46-44-17-8-14-37-15-9-18-45(52(37)44)47-20-11-23-51(57)54(47)53(46)50/h3-34H,1-2H3. The summed E-state index contributed by atoms with van der Waals surface area (Å²) < 4.78 is 2.46. The van der Waals surface area contributed by atoms with Crippen LogP contribution < -0.4 is 4.90 Å². The van der Waals surface area contributed by atoms with Crippen LogP contribution in [0.25, 0.3) is 82.8 Å². The molecule has 1 heterocycles. The molecule has 1 aromatic heterocycles. The van der Waals surface area contributed by atoms with Crippen LogP contribution in [0, 0.1) is 0 Å². The third kappa shape index (κ3) is 4.59. The summed E-state index contributed by atoms with van der Waals surface area (Å²) in [6.07, 6.45) is 0. The maximum Gasteiger partial charge on any atom is 0.0547 e. The molecule has 0 spiro atoms. The molecule has 9 aromatic carbocycles. The molecule has 0 bridgehead atoms. The lowest BCUT2D eigenvalue weighted by atomic mass is 9.82. The van der Waals surface area contributed by atoms with E-state index < -0.39 is 0 Å². The molecule has 12 rings (SSSR count). The van der Waals surface area contributed by atoms with Crippen molar-refractivity contribution in [3.63, 3.8) is 0 Å². The van der Waals surface area contributed by atoms with Gasteiger partial charge in [-0.1, -0.05) is 147 Å². The van der Waals surface area contributed by atoms with E-state index in [1.165, 1.54) is 88.2 Å². The lowest BCUT2D eigenvalue weighted by Crippen LogP contribution is -2.16. The predicted octanol–water partition coefficient (Wildman–Crippen LogP) is 15.0. The van der Waals surface area contributed by atoms with Crippen LogP contribution in [0.5, 0.6) is 0 Å². The van der Waals surface area contributed by atoms with Crippen molar-refractivity contribution in [1.82, 2.24) is 4.57 Å². The van der Waals surface area contributed by atoms with Crippen LogP contribution in [0.1, 0.15) is 25.0 Å². The Bertz CT molecular complexity index is 3140. The molecule has 0 atom stereocenters. The highest BCUT2D eigenvalue weighted by Crippen LogP contribution is 2.52. The minimum absolute atomic E-state index is 0.0997. The summed E-state index contributed by atoms with van der Waals surface area (Å²) in [4.78, 5) is 2.41. The molecule has 0 aliphatic heterocycles. The van der Waals surface area contributed by atoms with Gasteiger partial charge in [0.1, 0.15) is 0 Å². The molecule has 0 N–H and O–H groups in total. The van der Waals surface area contributed by atoms with Gasteiger partial charge in [0.15, 0.2) is 0 Å². The molecule has 2 aliphatic carbocycles. The Kier molecular flexibility index (Phi) is 6.72. The van der Waals surface area contributed by atoms with Gasteiger partial charge < -0.3 is 9.47 Å². The highest BCUT2D eigenvalue weighted by atomic mass is 15.1. The van der Waals surface area contributed by atoms with Gasteiger partial charge >= 0.3 is 0 Å². The number of rotatable bonds is 5. The highest BCUT2D eigenvalue weighted by Gasteiger charge is 2.36. The molecule has 0 radical (unpaired) electrons. The largest absolute Gasteiger partial charge is 0.310 e. The zero-order chi connectivity index (χ0) is 37.8. The van der Waals surface area contributed by atoms with E-state index in [1.54, 1.807) is 0 Å². The van der Waals surface area contributed by atoms with Gasteiger partial charge in [0.05, 0.1) is 11.0 Å². The molecular weight excluding hydrogens is 689 g/mol. The minimum atomic E-state index is -0.0997. The van der Waals surface area contributed by atoms with Crippen molar-refractivity contribution in [2.45, 2.75) is 19.3 Å². The van der Waals surface area contributed by atoms with Gasteiger partial charge in [-0.15, -0.1) is 0 Å². The zero-order valence-electron chi connectivity index (χ0n) is 31.9. The van der Waals surface area contributed by atoms with E-state index in [2.05, 4.69) is 217 Å². The van der Waals surface area contributed by atoms with E-state index >= 15 is 0 Å². The average Bonchev–Trinajstić information content (AvgIpc) is 3.68. The second-order valence-corrected chi connectivity index (χ2v) is 16.1. The predicted molar refractivity (Wildman–Crippen MR) is 240 cm³/mol. The van der Waals surface area contributed by atoms with E-state index in [1.807, 2.05) is 0 Å². The Morgan fingerprint density at radius 1 is 0.368 bits per heavy atom. The molecule has 0 saturated heterocycles. The first kappa shape index (κ1) is 32.1. The molecule has 0 amide bonds. The monoisotopic (exact) mass is 726 g/mol. The fourth-order valence-electron chi connectivity index (χ4n) is 10.1. The SMILES string of the molecule is CC1(C)c2ccccc2-c2ccc(N(c3ccc(-c4ccccc4)cc3)c3ccc(-n4c5cccc6c5c5c(cccc54)-c4cccc5cccc-6c45)cc3)cc21. The molecular formula is C55H38N2. The van der Waals surface area contributed by atoms with Crippen molar-refractivity contribution >= 4 is 49.6 Å². The number of benzene rings is 9. The summed E-state index contributed by atoms with van der Waals surface area (Å²) in [5.41, 5.74) is 19.9. The Labute approximate surface area is 332 Å². The van der Waals surface area contributed by atoms with E-state index in [-0.39, 0.29) is 5.41 Å². The van der Waals surface area contributed by atoms with Crippen molar-refractivity contribution in [3.8, 4) is 50.2 Å². The smallest absolute Gasteiger partial charge is 0.0547 e. The normalized spacial score (nSPS) is 13.2. The van der Waals surface area contributed by atoms with Crippen molar-refractivity contribution in [3.05, 3.63) is 205 Å². The van der Waals surface area contributed by atoms with E-state index in [9.17, 15) is 0 Å². The topological polar surface area (TPSA) is 8.17 Å². The molecule has 57 heavy (non-hydrogen) atoms. The summed E-state index contributed by atoms with van der Waals surface area (Å²) in [6, 6.07) is 71.8. The van der Waals surface area contributed by atoms with Crippen molar-refractivity contribution in [1.29, 1.82) is 0 Å². The van der Waals surface area contributed by atoms with Gasteiger partial charge in [0.2, 0.25) is 0 Å². The van der Waals surface area contributed by atoms with Gasteiger partial charge in [-0.2, -0.15) is 0 Å². The second kappa shape index (κ2) is 11.9. The Hall–Kier alpha value is -7.16. The Morgan fingerprint density at radius 3 is 1.51 bits per heavy atom. The quantitative estimate of drug-likeness (QED) is 0.171. The van der Waals surface area contributed by atoms with Crippen molar-refractivity contribution in [2.24, 2.45) is 0 Å². The number of fused-ring (bicyclic) bond motifs is 5.